The lowest BCUT2D eigenvalue weighted by Crippen LogP contribution is -2.56. The predicted octanol–water partition coefficient (Wildman–Crippen LogP) is 1.90. The average molecular weight is 462 g/mol. The van der Waals surface area contributed by atoms with Crippen molar-refractivity contribution >= 4 is 17.4 Å². The first-order valence-electron chi connectivity index (χ1n) is 12.2. The number of pyridine rings is 2. The summed E-state index contributed by atoms with van der Waals surface area (Å²) in [5, 5.41) is 4.37. The number of aromatic nitrogens is 4. The molecule has 0 aliphatic carbocycles. The number of ether oxygens (including phenoxy) is 1. The number of amides is 1. The number of fused-ring (bicyclic) bond motifs is 3. The van der Waals surface area contributed by atoms with Gasteiger partial charge in [0, 0.05) is 50.9 Å². The Morgan fingerprint density at radius 1 is 1.12 bits per heavy atom. The number of piperazine rings is 1. The Balaban J connectivity index is 1.10. The van der Waals surface area contributed by atoms with Gasteiger partial charge in [0.05, 0.1) is 24.9 Å². The minimum absolute atomic E-state index is 0.248. The monoisotopic (exact) mass is 461 g/mol. The fourth-order valence-corrected chi connectivity index (χ4v) is 5.54. The summed E-state index contributed by atoms with van der Waals surface area (Å²) < 4.78 is 7.34. The Labute approximate surface area is 199 Å². The lowest BCUT2D eigenvalue weighted by Gasteiger charge is -2.42. The molecule has 178 valence electrons. The largest absolute Gasteiger partial charge is 0.378 e. The van der Waals surface area contributed by atoms with Gasteiger partial charge in [0.1, 0.15) is 12.1 Å². The van der Waals surface area contributed by atoms with Gasteiger partial charge in [-0.1, -0.05) is 12.1 Å². The van der Waals surface area contributed by atoms with E-state index in [9.17, 15) is 4.79 Å². The molecule has 3 saturated heterocycles. The maximum Gasteiger partial charge on any atom is 0.224 e. The SMILES string of the molecule is Cc1ccc(N2C3CCC2CN(C(=O)CCN(Cc2cccc4ncnn24)C2COC2)C3)nc1. The highest BCUT2D eigenvalue weighted by Gasteiger charge is 2.42. The molecule has 2 bridgehead atoms. The van der Waals surface area contributed by atoms with Crippen LogP contribution in [0.3, 0.4) is 0 Å². The summed E-state index contributed by atoms with van der Waals surface area (Å²) in [7, 11) is 0. The van der Waals surface area contributed by atoms with E-state index in [1.807, 2.05) is 22.8 Å². The molecule has 0 saturated carbocycles. The fraction of sp³-hybridized carbons (Fsp3) is 0.520. The van der Waals surface area contributed by atoms with Crippen molar-refractivity contribution < 1.29 is 9.53 Å². The number of hydrogen-bond acceptors (Lipinski definition) is 7. The van der Waals surface area contributed by atoms with E-state index in [1.54, 1.807) is 6.33 Å². The molecule has 9 heteroatoms. The Bertz CT molecular complexity index is 1150. The smallest absolute Gasteiger partial charge is 0.224 e. The first-order chi connectivity index (χ1) is 16.7. The van der Waals surface area contributed by atoms with E-state index in [0.29, 0.717) is 44.3 Å². The first-order valence-corrected chi connectivity index (χ1v) is 12.2. The maximum atomic E-state index is 13.3. The lowest BCUT2D eigenvalue weighted by molar-refractivity contribution is -0.133. The zero-order chi connectivity index (χ0) is 23.1. The summed E-state index contributed by atoms with van der Waals surface area (Å²) in [6, 6.07) is 11.3. The second-order valence-electron chi connectivity index (χ2n) is 9.74. The van der Waals surface area contributed by atoms with Crippen LogP contribution in [-0.4, -0.2) is 86.3 Å². The first kappa shape index (κ1) is 21.5. The van der Waals surface area contributed by atoms with Crippen LogP contribution >= 0.6 is 0 Å². The highest BCUT2D eigenvalue weighted by Crippen LogP contribution is 2.34. The molecule has 9 nitrogen and oxygen atoms in total. The molecule has 1 amide bonds. The highest BCUT2D eigenvalue weighted by molar-refractivity contribution is 5.77. The van der Waals surface area contributed by atoms with E-state index in [4.69, 9.17) is 4.74 Å². The molecular weight excluding hydrogens is 430 g/mol. The molecule has 3 aromatic rings. The van der Waals surface area contributed by atoms with Crippen molar-refractivity contribution in [3.8, 4) is 0 Å². The van der Waals surface area contributed by atoms with Gasteiger partial charge in [0.25, 0.3) is 0 Å². The van der Waals surface area contributed by atoms with Crippen LogP contribution in [-0.2, 0) is 16.1 Å². The molecular formula is C25H31N7O2. The van der Waals surface area contributed by atoms with Crippen LogP contribution in [0.25, 0.3) is 5.65 Å². The van der Waals surface area contributed by atoms with Crippen molar-refractivity contribution in [3.63, 3.8) is 0 Å². The highest BCUT2D eigenvalue weighted by atomic mass is 16.5. The molecule has 34 heavy (non-hydrogen) atoms. The third-order valence-corrected chi connectivity index (χ3v) is 7.49. The zero-order valence-electron chi connectivity index (χ0n) is 19.6. The van der Waals surface area contributed by atoms with Gasteiger partial charge in [-0.15, -0.1) is 0 Å². The number of rotatable bonds is 7. The molecule has 6 heterocycles. The fourth-order valence-electron chi connectivity index (χ4n) is 5.54. The molecule has 0 spiro atoms. The van der Waals surface area contributed by atoms with Gasteiger partial charge >= 0.3 is 0 Å². The number of anilines is 1. The van der Waals surface area contributed by atoms with Gasteiger partial charge in [0.15, 0.2) is 5.65 Å². The maximum absolute atomic E-state index is 13.3. The molecule has 3 fully saturated rings. The van der Waals surface area contributed by atoms with Gasteiger partial charge in [-0.2, -0.15) is 5.10 Å². The van der Waals surface area contributed by atoms with Crippen molar-refractivity contribution in [3.05, 3.63) is 54.1 Å². The van der Waals surface area contributed by atoms with E-state index in [-0.39, 0.29) is 5.91 Å². The van der Waals surface area contributed by atoms with Crippen LogP contribution in [0.15, 0.2) is 42.9 Å². The molecule has 0 radical (unpaired) electrons. The molecule has 3 aliphatic heterocycles. The van der Waals surface area contributed by atoms with E-state index >= 15 is 0 Å². The third kappa shape index (κ3) is 4.03. The summed E-state index contributed by atoms with van der Waals surface area (Å²) >= 11 is 0. The Hall–Kier alpha value is -3.04. The van der Waals surface area contributed by atoms with Gasteiger partial charge < -0.3 is 14.5 Å². The summed E-state index contributed by atoms with van der Waals surface area (Å²) in [6.07, 6.45) is 6.28. The molecule has 0 N–H and O–H groups in total. The molecule has 2 atom stereocenters. The molecule has 0 aromatic carbocycles. The van der Waals surface area contributed by atoms with E-state index in [0.717, 1.165) is 49.6 Å². The van der Waals surface area contributed by atoms with Gasteiger partial charge in [-0.25, -0.2) is 14.5 Å². The summed E-state index contributed by atoms with van der Waals surface area (Å²) in [6.45, 7) is 6.51. The minimum Gasteiger partial charge on any atom is -0.378 e. The molecule has 2 unspecified atom stereocenters. The normalized spacial score (nSPS) is 22.5. The summed E-state index contributed by atoms with van der Waals surface area (Å²) in [5.74, 6) is 1.29. The Morgan fingerprint density at radius 3 is 2.65 bits per heavy atom. The van der Waals surface area contributed by atoms with Crippen molar-refractivity contribution in [1.29, 1.82) is 0 Å². The van der Waals surface area contributed by atoms with Gasteiger partial charge in [-0.05, 0) is 43.5 Å². The number of carbonyl (C=O) groups excluding carboxylic acids is 1. The van der Waals surface area contributed by atoms with E-state index < -0.39 is 0 Å². The zero-order valence-corrected chi connectivity index (χ0v) is 19.6. The molecule has 3 aliphatic rings. The van der Waals surface area contributed by atoms with Gasteiger partial charge in [-0.3, -0.25) is 9.69 Å². The van der Waals surface area contributed by atoms with Crippen molar-refractivity contribution in [2.45, 2.75) is 50.9 Å². The van der Waals surface area contributed by atoms with Crippen LogP contribution in [0.1, 0.15) is 30.5 Å². The number of hydrogen-bond donors (Lipinski definition) is 0. The van der Waals surface area contributed by atoms with Crippen molar-refractivity contribution in [2.75, 3.05) is 37.7 Å². The number of likely N-dealkylation sites (tertiary alicyclic amines) is 1. The van der Waals surface area contributed by atoms with Crippen LogP contribution in [0, 0.1) is 6.92 Å². The van der Waals surface area contributed by atoms with Crippen molar-refractivity contribution in [1.82, 2.24) is 29.4 Å². The van der Waals surface area contributed by atoms with Crippen LogP contribution in [0.4, 0.5) is 5.82 Å². The van der Waals surface area contributed by atoms with E-state index in [2.05, 4.69) is 54.9 Å². The Kier molecular flexibility index (Phi) is 5.66. The standard InChI is InChI=1S/C25H31N7O2/c1-18-5-8-23(26-11-18)31-19-6-7-20(31)13-30(12-19)25(33)9-10-29(22-15-34-16-22)14-21-3-2-4-24-27-17-28-32(21)24/h2-5,8,11,17,19-20,22H,6-7,9-10,12-16H2,1H3. The van der Waals surface area contributed by atoms with Crippen LogP contribution in [0.5, 0.6) is 0 Å². The Morgan fingerprint density at radius 2 is 1.94 bits per heavy atom. The second-order valence-corrected chi connectivity index (χ2v) is 9.74. The third-order valence-electron chi connectivity index (χ3n) is 7.49. The van der Waals surface area contributed by atoms with Gasteiger partial charge in [0.2, 0.25) is 5.91 Å². The lowest BCUT2D eigenvalue weighted by atomic mass is 10.1. The second kappa shape index (κ2) is 8.96. The average Bonchev–Trinajstić information content (AvgIpc) is 3.39. The summed E-state index contributed by atoms with van der Waals surface area (Å²) in [4.78, 5) is 29.1. The number of aryl methyl sites for hydroxylation is 1. The summed E-state index contributed by atoms with van der Waals surface area (Å²) in [5.41, 5.74) is 3.09. The van der Waals surface area contributed by atoms with Crippen LogP contribution < -0.4 is 4.90 Å². The molecule has 6 rings (SSSR count). The van der Waals surface area contributed by atoms with Crippen molar-refractivity contribution in [2.24, 2.45) is 0 Å². The van der Waals surface area contributed by atoms with Crippen LogP contribution in [0.2, 0.25) is 0 Å². The van der Waals surface area contributed by atoms with E-state index in [1.165, 1.54) is 5.56 Å². The molecule has 3 aromatic heterocycles. The minimum atomic E-state index is 0.248. The number of nitrogens with zero attached hydrogens (tertiary/aromatic N) is 7. The topological polar surface area (TPSA) is 79.1 Å². The quantitative estimate of drug-likeness (QED) is 0.532. The number of carbonyl (C=O) groups is 1. The predicted molar refractivity (Wildman–Crippen MR) is 127 cm³/mol.